The second kappa shape index (κ2) is 7.89. The minimum absolute atomic E-state index is 0.0953. The zero-order valence-corrected chi connectivity index (χ0v) is 13.6. The predicted molar refractivity (Wildman–Crippen MR) is 96.6 cm³/mol. The standard InChI is InChI=1S/C20H18FOP/c21-14-15-22-17-8-7-13-20(16-17)23(18-9-3-1-4-10-18)19-11-5-2-6-12-19/h1-13,16H,14-15H2. The lowest BCUT2D eigenvalue weighted by Gasteiger charge is -2.20. The highest BCUT2D eigenvalue weighted by atomic mass is 31.1. The van der Waals surface area contributed by atoms with Crippen LogP contribution in [0.25, 0.3) is 0 Å². The van der Waals surface area contributed by atoms with Crippen molar-refractivity contribution in [2.45, 2.75) is 0 Å². The summed E-state index contributed by atoms with van der Waals surface area (Å²) in [7, 11) is -0.651. The van der Waals surface area contributed by atoms with Gasteiger partial charge in [-0.05, 0) is 36.0 Å². The van der Waals surface area contributed by atoms with Crippen molar-refractivity contribution in [3.8, 4) is 5.75 Å². The minimum Gasteiger partial charge on any atom is -0.491 e. The summed E-state index contributed by atoms with van der Waals surface area (Å²) in [6.45, 7) is -0.381. The van der Waals surface area contributed by atoms with Gasteiger partial charge in [0.05, 0.1) is 0 Å². The molecule has 0 aliphatic rings. The van der Waals surface area contributed by atoms with Gasteiger partial charge in [0.2, 0.25) is 0 Å². The quantitative estimate of drug-likeness (QED) is 0.627. The van der Waals surface area contributed by atoms with Crippen LogP contribution < -0.4 is 20.7 Å². The molecule has 3 rings (SSSR count). The number of halogens is 1. The smallest absolute Gasteiger partial charge is 0.123 e. The Morgan fingerprint density at radius 3 is 1.83 bits per heavy atom. The molecule has 116 valence electrons. The van der Waals surface area contributed by atoms with Crippen molar-refractivity contribution in [2.24, 2.45) is 0 Å². The molecule has 3 aromatic carbocycles. The van der Waals surface area contributed by atoms with Gasteiger partial charge in [-0.15, -0.1) is 0 Å². The van der Waals surface area contributed by atoms with Crippen LogP contribution in [0.3, 0.4) is 0 Å². The van der Waals surface area contributed by atoms with Gasteiger partial charge >= 0.3 is 0 Å². The summed E-state index contributed by atoms with van der Waals surface area (Å²) >= 11 is 0. The Labute approximate surface area is 137 Å². The summed E-state index contributed by atoms with van der Waals surface area (Å²) in [5, 5.41) is 3.78. The van der Waals surface area contributed by atoms with E-state index in [4.69, 9.17) is 4.74 Å². The first-order chi connectivity index (χ1) is 11.4. The highest BCUT2D eigenvalue weighted by Gasteiger charge is 2.16. The third kappa shape index (κ3) is 3.97. The summed E-state index contributed by atoms with van der Waals surface area (Å²) in [6, 6.07) is 29.0. The summed E-state index contributed by atoms with van der Waals surface area (Å²) in [6.07, 6.45) is 0. The maximum absolute atomic E-state index is 12.3. The van der Waals surface area contributed by atoms with E-state index in [0.717, 1.165) is 5.75 Å². The first-order valence-electron chi connectivity index (χ1n) is 7.57. The molecule has 0 radical (unpaired) electrons. The summed E-state index contributed by atoms with van der Waals surface area (Å²) in [5.74, 6) is 0.722. The van der Waals surface area contributed by atoms with Gasteiger partial charge in [0, 0.05) is 0 Å². The van der Waals surface area contributed by atoms with Crippen LogP contribution in [0.4, 0.5) is 4.39 Å². The zero-order valence-electron chi connectivity index (χ0n) is 12.7. The molecule has 23 heavy (non-hydrogen) atoms. The Bertz CT molecular complexity index is 691. The monoisotopic (exact) mass is 324 g/mol. The van der Waals surface area contributed by atoms with Crippen LogP contribution in [0.5, 0.6) is 5.75 Å². The van der Waals surface area contributed by atoms with Crippen LogP contribution in [0.2, 0.25) is 0 Å². The van der Waals surface area contributed by atoms with Gasteiger partial charge in [-0.1, -0.05) is 72.8 Å². The molecule has 0 bridgehead atoms. The summed E-state index contributed by atoms with van der Waals surface area (Å²) < 4.78 is 17.8. The number of alkyl halides is 1. The number of rotatable bonds is 6. The van der Waals surface area contributed by atoms with Gasteiger partial charge in [-0.25, -0.2) is 4.39 Å². The molecule has 0 heterocycles. The van der Waals surface area contributed by atoms with Gasteiger partial charge in [0.25, 0.3) is 0 Å². The molecule has 0 amide bonds. The van der Waals surface area contributed by atoms with Crippen molar-refractivity contribution in [2.75, 3.05) is 13.3 Å². The lowest BCUT2D eigenvalue weighted by molar-refractivity contribution is 0.273. The van der Waals surface area contributed by atoms with E-state index in [1.807, 2.05) is 30.3 Å². The molecule has 0 N–H and O–H groups in total. The molecule has 0 aliphatic heterocycles. The second-order valence-electron chi connectivity index (χ2n) is 5.04. The van der Waals surface area contributed by atoms with Gasteiger partial charge in [0.15, 0.2) is 0 Å². The number of ether oxygens (including phenoxy) is 1. The number of benzene rings is 3. The fourth-order valence-electron chi connectivity index (χ4n) is 2.47. The first kappa shape index (κ1) is 15.7. The topological polar surface area (TPSA) is 9.23 Å². The van der Waals surface area contributed by atoms with Gasteiger partial charge in [-0.3, -0.25) is 0 Å². The maximum Gasteiger partial charge on any atom is 0.123 e. The molecule has 1 nitrogen and oxygen atoms in total. The summed E-state index contributed by atoms with van der Waals surface area (Å²) in [5.41, 5.74) is 0. The predicted octanol–water partition coefficient (Wildman–Crippen LogP) is 3.79. The molecule has 0 aliphatic carbocycles. The average molecular weight is 324 g/mol. The van der Waals surface area contributed by atoms with Gasteiger partial charge in [-0.2, -0.15) is 0 Å². The van der Waals surface area contributed by atoms with Crippen LogP contribution in [0.1, 0.15) is 0 Å². The highest BCUT2D eigenvalue weighted by molar-refractivity contribution is 7.79. The molecule has 0 aromatic heterocycles. The van der Waals surface area contributed by atoms with Gasteiger partial charge in [0.1, 0.15) is 19.0 Å². The molecular weight excluding hydrogens is 306 g/mol. The van der Waals surface area contributed by atoms with E-state index in [-0.39, 0.29) is 6.61 Å². The Kier molecular flexibility index (Phi) is 5.39. The lowest BCUT2D eigenvalue weighted by Crippen LogP contribution is -2.20. The van der Waals surface area contributed by atoms with Crippen molar-refractivity contribution in [1.82, 2.24) is 0 Å². The number of hydrogen-bond donors (Lipinski definition) is 0. The molecule has 0 fully saturated rings. The van der Waals surface area contributed by atoms with E-state index in [9.17, 15) is 4.39 Å². The van der Waals surface area contributed by atoms with E-state index in [0.29, 0.717) is 0 Å². The molecule has 0 saturated heterocycles. The molecule has 3 heteroatoms. The molecule has 0 spiro atoms. The highest BCUT2D eigenvalue weighted by Crippen LogP contribution is 2.33. The van der Waals surface area contributed by atoms with E-state index >= 15 is 0 Å². The van der Waals surface area contributed by atoms with Crippen molar-refractivity contribution in [3.63, 3.8) is 0 Å². The SMILES string of the molecule is FCCOc1cccc(P(c2ccccc2)c2ccccc2)c1. The fourth-order valence-corrected chi connectivity index (χ4v) is 4.80. The molecule has 0 saturated carbocycles. The maximum atomic E-state index is 12.3. The Morgan fingerprint density at radius 1 is 0.696 bits per heavy atom. The summed E-state index contributed by atoms with van der Waals surface area (Å²) in [4.78, 5) is 0. The fraction of sp³-hybridized carbons (Fsp3) is 0.100. The van der Waals surface area contributed by atoms with E-state index < -0.39 is 14.6 Å². The van der Waals surface area contributed by atoms with Crippen molar-refractivity contribution >= 4 is 23.8 Å². The van der Waals surface area contributed by atoms with Crippen LogP contribution in [0.15, 0.2) is 84.9 Å². The third-order valence-corrected chi connectivity index (χ3v) is 5.87. The van der Waals surface area contributed by atoms with Gasteiger partial charge < -0.3 is 4.74 Å². The number of hydrogen-bond acceptors (Lipinski definition) is 1. The lowest BCUT2D eigenvalue weighted by atomic mass is 10.3. The van der Waals surface area contributed by atoms with Crippen LogP contribution in [-0.2, 0) is 0 Å². The molecule has 0 unspecified atom stereocenters. The minimum atomic E-state index is -0.651. The van der Waals surface area contributed by atoms with E-state index in [1.54, 1.807) is 0 Å². The average Bonchev–Trinajstić information content (AvgIpc) is 2.62. The van der Waals surface area contributed by atoms with Crippen LogP contribution >= 0.6 is 7.92 Å². The third-order valence-electron chi connectivity index (χ3n) is 3.45. The largest absolute Gasteiger partial charge is 0.491 e. The van der Waals surface area contributed by atoms with Crippen molar-refractivity contribution in [3.05, 3.63) is 84.9 Å². The van der Waals surface area contributed by atoms with Crippen molar-refractivity contribution in [1.29, 1.82) is 0 Å². The molecule has 0 atom stereocenters. The van der Waals surface area contributed by atoms with E-state index in [1.165, 1.54) is 15.9 Å². The van der Waals surface area contributed by atoms with Crippen LogP contribution in [0, 0.1) is 0 Å². The molecule has 3 aromatic rings. The Morgan fingerprint density at radius 2 is 1.26 bits per heavy atom. The Balaban J connectivity index is 2.02. The molecular formula is C20H18FOP. The first-order valence-corrected chi connectivity index (χ1v) is 8.92. The Hall–Kier alpha value is -2.18. The van der Waals surface area contributed by atoms with Crippen molar-refractivity contribution < 1.29 is 9.13 Å². The second-order valence-corrected chi connectivity index (χ2v) is 7.26. The zero-order chi connectivity index (χ0) is 15.9. The van der Waals surface area contributed by atoms with E-state index in [2.05, 4.69) is 54.6 Å². The normalized spacial score (nSPS) is 10.7. The van der Waals surface area contributed by atoms with Crippen LogP contribution in [-0.4, -0.2) is 13.3 Å².